The van der Waals surface area contributed by atoms with Gasteiger partial charge in [0.2, 0.25) is 0 Å². The van der Waals surface area contributed by atoms with Crippen molar-refractivity contribution in [1.29, 1.82) is 0 Å². The standard InChI is InChI=1S/F4O4Si.K.H/c1-5-9(6-2,7-3)8-4;;/q;+1;-1. The van der Waals surface area contributed by atoms with Gasteiger partial charge in [0.1, 0.15) is 0 Å². The summed E-state index contributed by atoms with van der Waals surface area (Å²) in [6.07, 6.45) is 0. The van der Waals surface area contributed by atoms with Crippen LogP contribution >= 0.6 is 0 Å². The van der Waals surface area contributed by atoms with E-state index in [0.717, 1.165) is 0 Å². The summed E-state index contributed by atoms with van der Waals surface area (Å²) in [4.78, 5) is 0. The summed E-state index contributed by atoms with van der Waals surface area (Å²) < 4.78 is 52.1. The zero-order chi connectivity index (χ0) is 7.33. The Balaban J connectivity index is -0.000000320. The van der Waals surface area contributed by atoms with Gasteiger partial charge in [-0.3, -0.25) is 0 Å². The summed E-state index contributed by atoms with van der Waals surface area (Å²) in [6, 6.07) is 0. The Kier molecular flexibility index (Phi) is 9.89. The van der Waals surface area contributed by atoms with E-state index in [2.05, 4.69) is 18.5 Å². The fraction of sp³-hybridized carbons (Fsp3) is 0. The summed E-state index contributed by atoms with van der Waals surface area (Å²) in [7, 11) is -5.36. The van der Waals surface area contributed by atoms with E-state index in [4.69, 9.17) is 0 Å². The van der Waals surface area contributed by atoms with Crippen LogP contribution in [0.15, 0.2) is 0 Å². The van der Waals surface area contributed by atoms with E-state index in [1.807, 2.05) is 0 Å². The van der Waals surface area contributed by atoms with Gasteiger partial charge in [0, 0.05) is 0 Å². The molecule has 0 aromatic rings. The molecule has 0 saturated carbocycles. The van der Waals surface area contributed by atoms with Crippen LogP contribution in [0.25, 0.3) is 0 Å². The SMILES string of the molecule is FO[Si](OF)(OF)OF.[H-].[K+]. The van der Waals surface area contributed by atoms with E-state index in [-0.39, 0.29) is 52.8 Å². The smallest absolute Gasteiger partial charge is 1.00 e. The summed E-state index contributed by atoms with van der Waals surface area (Å²) in [5.41, 5.74) is 0. The Morgan fingerprint density at radius 1 is 0.800 bits per heavy atom. The maximum Gasteiger partial charge on any atom is 1.00 e. The molecule has 0 fully saturated rings. The molecular weight excluding hydrogens is 207 g/mol. The van der Waals surface area contributed by atoms with Crippen LogP contribution in [0.2, 0.25) is 0 Å². The molecule has 10 heteroatoms. The summed E-state index contributed by atoms with van der Waals surface area (Å²) in [5, 5.41) is 0. The van der Waals surface area contributed by atoms with Crippen LogP contribution in [0.5, 0.6) is 0 Å². The molecule has 0 saturated heterocycles. The van der Waals surface area contributed by atoms with Crippen molar-refractivity contribution in [1.82, 2.24) is 0 Å². The van der Waals surface area contributed by atoms with Crippen molar-refractivity contribution in [3.8, 4) is 0 Å². The number of rotatable bonds is 4. The van der Waals surface area contributed by atoms with Gasteiger partial charge in [0.25, 0.3) is 0 Å². The Morgan fingerprint density at radius 2 is 1.00 bits per heavy atom. The van der Waals surface area contributed by atoms with Crippen LogP contribution in [0, 0.1) is 0 Å². The minimum absolute atomic E-state index is 0. The zero-order valence-electron chi connectivity index (χ0n) is 5.64. The molecule has 0 radical (unpaired) electrons. The molecule has 58 valence electrons. The first-order valence-corrected chi connectivity index (χ1v) is 3.07. The molecule has 0 spiro atoms. The predicted molar refractivity (Wildman–Crippen MR) is 15.6 cm³/mol. The van der Waals surface area contributed by atoms with Crippen LogP contribution in [0.3, 0.4) is 0 Å². The van der Waals surface area contributed by atoms with Gasteiger partial charge in [-0.15, -0.1) is 18.5 Å². The minimum Gasteiger partial charge on any atom is -1.00 e. The van der Waals surface area contributed by atoms with Gasteiger partial charge in [0.05, 0.1) is 0 Å². The van der Waals surface area contributed by atoms with Crippen molar-refractivity contribution < 1.29 is 89.4 Å². The second-order valence-electron chi connectivity index (χ2n) is 0.809. The molecule has 0 heterocycles. The van der Waals surface area contributed by atoms with Gasteiger partial charge in [-0.25, -0.2) is 0 Å². The first-order chi connectivity index (χ1) is 4.24. The Bertz CT molecular complexity index is 65.0. The van der Waals surface area contributed by atoms with E-state index in [1.54, 1.807) is 0 Å². The van der Waals surface area contributed by atoms with Crippen molar-refractivity contribution in [3.05, 3.63) is 0 Å². The molecular formula is HF4KO4Si. The number of hydrogen-bond donors (Lipinski definition) is 0. The van der Waals surface area contributed by atoms with E-state index in [1.165, 1.54) is 0 Å². The van der Waals surface area contributed by atoms with E-state index in [9.17, 15) is 18.1 Å². The fourth-order valence-corrected chi connectivity index (χ4v) is 0.214. The Morgan fingerprint density at radius 3 is 1.00 bits per heavy atom. The molecule has 0 aliphatic heterocycles. The van der Waals surface area contributed by atoms with Crippen LogP contribution in [0.4, 0.5) is 18.1 Å². The van der Waals surface area contributed by atoms with Crippen LogP contribution in [0.1, 0.15) is 1.43 Å². The minimum atomic E-state index is -5.36. The van der Waals surface area contributed by atoms with Crippen molar-refractivity contribution in [3.63, 3.8) is 0 Å². The first kappa shape index (κ1) is 14.0. The summed E-state index contributed by atoms with van der Waals surface area (Å²) >= 11 is 0. The van der Waals surface area contributed by atoms with Crippen molar-refractivity contribution in [2.75, 3.05) is 0 Å². The maximum atomic E-state index is 10.8. The van der Waals surface area contributed by atoms with Crippen molar-refractivity contribution >= 4 is 9.05 Å². The van der Waals surface area contributed by atoms with Crippen molar-refractivity contribution in [2.24, 2.45) is 0 Å². The predicted octanol–water partition coefficient (Wildman–Crippen LogP) is -1.86. The molecule has 0 bridgehead atoms. The zero-order valence-corrected chi connectivity index (χ0v) is 8.77. The normalized spacial score (nSPS) is 10.8. The van der Waals surface area contributed by atoms with E-state index in [0.29, 0.717) is 0 Å². The molecule has 0 rings (SSSR count). The van der Waals surface area contributed by atoms with E-state index < -0.39 is 9.05 Å². The topological polar surface area (TPSA) is 36.9 Å². The van der Waals surface area contributed by atoms with Gasteiger partial charge < -0.3 is 1.43 Å². The maximum absolute atomic E-state index is 10.8. The van der Waals surface area contributed by atoms with Gasteiger partial charge in [-0.1, -0.05) is 18.1 Å². The third-order valence-corrected chi connectivity index (χ3v) is 1.13. The molecule has 0 atom stereocenters. The monoisotopic (exact) mass is 208 g/mol. The summed E-state index contributed by atoms with van der Waals surface area (Å²) in [5.74, 6) is 0. The molecule has 0 amide bonds. The summed E-state index contributed by atoms with van der Waals surface area (Å²) in [6.45, 7) is 0. The van der Waals surface area contributed by atoms with Crippen LogP contribution < -0.4 is 51.4 Å². The molecule has 4 nitrogen and oxygen atoms in total. The van der Waals surface area contributed by atoms with Gasteiger partial charge >= 0.3 is 60.4 Å². The van der Waals surface area contributed by atoms with Crippen LogP contribution in [-0.4, -0.2) is 9.05 Å². The average molecular weight is 208 g/mol. The molecule has 10 heavy (non-hydrogen) atoms. The van der Waals surface area contributed by atoms with Gasteiger partial charge in [-0.05, 0) is 0 Å². The largest absolute Gasteiger partial charge is 1.00 e. The quantitative estimate of drug-likeness (QED) is 0.401. The second kappa shape index (κ2) is 7.08. The molecule has 0 aliphatic carbocycles. The molecule has 0 N–H and O–H groups in total. The fourth-order valence-electron chi connectivity index (χ4n) is 0.0714. The molecule has 0 unspecified atom stereocenters. The average Bonchev–Trinajstić information content (AvgIpc) is 1.95. The van der Waals surface area contributed by atoms with Gasteiger partial charge in [-0.2, -0.15) is 0 Å². The molecule has 0 aromatic heterocycles. The number of hydrogen-bond acceptors (Lipinski definition) is 4. The van der Waals surface area contributed by atoms with E-state index >= 15 is 0 Å². The first-order valence-electron chi connectivity index (χ1n) is 1.43. The second-order valence-corrected chi connectivity index (χ2v) is 2.43. The number of halogens is 4. The van der Waals surface area contributed by atoms with Crippen LogP contribution in [-0.2, 0) is 18.5 Å². The van der Waals surface area contributed by atoms with Gasteiger partial charge in [0.15, 0.2) is 0 Å². The third-order valence-electron chi connectivity index (χ3n) is 0.378. The Hall–Kier alpha value is 1.41. The molecule has 0 aliphatic rings. The third kappa shape index (κ3) is 3.70. The molecule has 0 aromatic carbocycles. The Labute approximate surface area is 97.4 Å². The van der Waals surface area contributed by atoms with Crippen molar-refractivity contribution in [2.45, 2.75) is 0 Å².